The minimum Gasteiger partial charge on any atom is -0.382 e. The smallest absolute Gasteiger partial charge is 0.130 e. The fraction of sp³-hybridized carbons (Fsp3) is 0.250. The first kappa shape index (κ1) is 14.1. The highest BCUT2D eigenvalue weighted by Crippen LogP contribution is 2.14. The van der Waals surface area contributed by atoms with E-state index >= 15 is 0 Å². The monoisotopic (exact) mass is 276 g/mol. The predicted octanol–water partition coefficient (Wildman–Crippen LogP) is 2.53. The Kier molecular flexibility index (Phi) is 4.97. The van der Waals surface area contributed by atoms with Crippen LogP contribution in [0.25, 0.3) is 0 Å². The molecule has 100 valence electrons. The maximum atomic E-state index is 10.3. The van der Waals surface area contributed by atoms with Crippen LogP contribution in [-0.4, -0.2) is 11.1 Å². The van der Waals surface area contributed by atoms with Crippen LogP contribution in [-0.2, 0) is 6.54 Å². The Morgan fingerprint density at radius 2 is 1.68 bits per heavy atom. The zero-order valence-electron chi connectivity index (χ0n) is 11.0. The molecule has 2 aromatic carbocycles. The Morgan fingerprint density at radius 3 is 2.32 bits per heavy atom. The zero-order valence-corrected chi connectivity index (χ0v) is 11.7. The highest BCUT2D eigenvalue weighted by atomic mass is 35.5. The Balaban J connectivity index is 1.90. The lowest BCUT2D eigenvalue weighted by Crippen LogP contribution is -2.88. The molecule has 2 atom stereocenters. The van der Waals surface area contributed by atoms with Crippen molar-refractivity contribution in [2.45, 2.75) is 25.6 Å². The third kappa shape index (κ3) is 4.06. The normalized spacial score (nSPS) is 14.1. The number of halogens is 1. The molecular formula is C16H19ClNO+. The summed E-state index contributed by atoms with van der Waals surface area (Å²) in [5.74, 6) is 0. The molecule has 0 aromatic heterocycles. The summed E-state index contributed by atoms with van der Waals surface area (Å²) < 4.78 is 0. The van der Waals surface area contributed by atoms with Crippen molar-refractivity contribution in [3.63, 3.8) is 0 Å². The van der Waals surface area contributed by atoms with E-state index in [1.54, 1.807) is 0 Å². The van der Waals surface area contributed by atoms with Gasteiger partial charge in [0.25, 0.3) is 0 Å². The third-order valence-corrected chi connectivity index (χ3v) is 3.53. The minimum absolute atomic E-state index is 0.109. The summed E-state index contributed by atoms with van der Waals surface area (Å²) >= 11 is 5.85. The lowest BCUT2D eigenvalue weighted by atomic mass is 10.0. The molecule has 0 spiro atoms. The van der Waals surface area contributed by atoms with E-state index in [9.17, 15) is 5.11 Å². The Hall–Kier alpha value is -1.35. The number of hydrogen-bond donors (Lipinski definition) is 2. The van der Waals surface area contributed by atoms with Gasteiger partial charge in [0.1, 0.15) is 18.7 Å². The highest BCUT2D eigenvalue weighted by Gasteiger charge is 2.18. The van der Waals surface area contributed by atoms with Crippen LogP contribution in [0.3, 0.4) is 0 Å². The molecule has 0 aliphatic carbocycles. The summed E-state index contributed by atoms with van der Waals surface area (Å²) in [6, 6.07) is 17.7. The first-order valence-electron chi connectivity index (χ1n) is 6.47. The number of aliphatic hydroxyl groups is 1. The van der Waals surface area contributed by atoms with Crippen LogP contribution in [0.15, 0.2) is 54.6 Å². The van der Waals surface area contributed by atoms with E-state index in [-0.39, 0.29) is 6.04 Å². The van der Waals surface area contributed by atoms with Gasteiger partial charge in [-0.05, 0) is 24.6 Å². The molecule has 3 N–H and O–H groups in total. The molecule has 0 saturated heterocycles. The van der Waals surface area contributed by atoms with Crippen molar-refractivity contribution < 1.29 is 10.4 Å². The summed E-state index contributed by atoms with van der Waals surface area (Å²) in [5.41, 5.74) is 2.17. The van der Waals surface area contributed by atoms with E-state index in [1.807, 2.05) is 61.5 Å². The van der Waals surface area contributed by atoms with Crippen molar-refractivity contribution >= 4 is 11.6 Å². The number of rotatable bonds is 5. The largest absolute Gasteiger partial charge is 0.382 e. The van der Waals surface area contributed by atoms with Crippen molar-refractivity contribution in [1.29, 1.82) is 0 Å². The van der Waals surface area contributed by atoms with Crippen molar-refractivity contribution in [1.82, 2.24) is 0 Å². The fourth-order valence-corrected chi connectivity index (χ4v) is 2.15. The molecule has 0 bridgehead atoms. The Morgan fingerprint density at radius 1 is 1.05 bits per heavy atom. The highest BCUT2D eigenvalue weighted by molar-refractivity contribution is 6.30. The van der Waals surface area contributed by atoms with Gasteiger partial charge in [-0.15, -0.1) is 0 Å². The minimum atomic E-state index is -0.450. The van der Waals surface area contributed by atoms with Crippen LogP contribution in [0.5, 0.6) is 0 Å². The molecule has 0 radical (unpaired) electrons. The van der Waals surface area contributed by atoms with Crippen molar-refractivity contribution in [2.24, 2.45) is 0 Å². The average molecular weight is 277 g/mol. The zero-order chi connectivity index (χ0) is 13.7. The van der Waals surface area contributed by atoms with Crippen LogP contribution in [0.2, 0.25) is 5.02 Å². The lowest BCUT2D eigenvalue weighted by molar-refractivity contribution is -0.709. The average Bonchev–Trinajstić information content (AvgIpc) is 2.46. The quantitative estimate of drug-likeness (QED) is 0.865. The molecule has 3 heteroatoms. The molecule has 2 nitrogen and oxygen atoms in total. The van der Waals surface area contributed by atoms with Crippen LogP contribution in [0.4, 0.5) is 0 Å². The molecule has 0 heterocycles. The molecule has 0 unspecified atom stereocenters. The van der Waals surface area contributed by atoms with Gasteiger partial charge >= 0.3 is 0 Å². The molecule has 0 saturated carbocycles. The second-order valence-electron chi connectivity index (χ2n) is 4.78. The van der Waals surface area contributed by atoms with Crippen LogP contribution in [0, 0.1) is 0 Å². The Bertz CT molecular complexity index is 498. The van der Waals surface area contributed by atoms with Gasteiger partial charge in [0, 0.05) is 10.6 Å². The first-order chi connectivity index (χ1) is 9.16. The SMILES string of the molecule is C[C@@H]([NH2+]Cc1ccc(Cl)cc1)[C@@H](O)c1ccccc1. The fourth-order valence-electron chi connectivity index (χ4n) is 2.03. The summed E-state index contributed by atoms with van der Waals surface area (Å²) in [6.45, 7) is 2.87. The van der Waals surface area contributed by atoms with Gasteiger partial charge in [-0.3, -0.25) is 0 Å². The van der Waals surface area contributed by atoms with E-state index in [0.29, 0.717) is 0 Å². The number of benzene rings is 2. The summed E-state index contributed by atoms with van der Waals surface area (Å²) in [6.07, 6.45) is -0.450. The van der Waals surface area contributed by atoms with E-state index in [1.165, 1.54) is 5.56 Å². The standard InChI is InChI=1S/C16H18ClNO/c1-12(16(19)14-5-3-2-4-6-14)18-11-13-7-9-15(17)10-8-13/h2-10,12,16,18-19H,11H2,1H3/p+1/t12-,16-/m1/s1. The molecule has 2 rings (SSSR count). The second-order valence-corrected chi connectivity index (χ2v) is 5.22. The van der Waals surface area contributed by atoms with Gasteiger partial charge < -0.3 is 10.4 Å². The van der Waals surface area contributed by atoms with E-state index < -0.39 is 6.10 Å². The van der Waals surface area contributed by atoms with Crippen molar-refractivity contribution in [2.75, 3.05) is 0 Å². The topological polar surface area (TPSA) is 36.8 Å². The molecular weight excluding hydrogens is 258 g/mol. The first-order valence-corrected chi connectivity index (χ1v) is 6.85. The van der Waals surface area contributed by atoms with Crippen molar-refractivity contribution in [3.8, 4) is 0 Å². The van der Waals surface area contributed by atoms with Gasteiger partial charge in [0.2, 0.25) is 0 Å². The second kappa shape index (κ2) is 6.71. The van der Waals surface area contributed by atoms with Crippen LogP contribution < -0.4 is 5.32 Å². The molecule has 0 fully saturated rings. The summed E-state index contributed by atoms with van der Waals surface area (Å²) in [4.78, 5) is 0. The Labute approximate surface area is 119 Å². The van der Waals surface area contributed by atoms with Crippen LogP contribution in [0.1, 0.15) is 24.2 Å². The van der Waals surface area contributed by atoms with Gasteiger partial charge in [-0.1, -0.05) is 54.1 Å². The van der Waals surface area contributed by atoms with E-state index in [4.69, 9.17) is 11.6 Å². The van der Waals surface area contributed by atoms with Crippen molar-refractivity contribution in [3.05, 3.63) is 70.7 Å². The van der Waals surface area contributed by atoms with E-state index in [0.717, 1.165) is 17.1 Å². The number of aliphatic hydroxyl groups excluding tert-OH is 1. The summed E-state index contributed by atoms with van der Waals surface area (Å²) in [5, 5.41) is 13.1. The van der Waals surface area contributed by atoms with Gasteiger partial charge in [-0.2, -0.15) is 0 Å². The molecule has 0 aliphatic heterocycles. The molecule has 0 aliphatic rings. The van der Waals surface area contributed by atoms with Gasteiger partial charge in [0.15, 0.2) is 0 Å². The van der Waals surface area contributed by atoms with Crippen LogP contribution >= 0.6 is 11.6 Å². The molecule has 2 aromatic rings. The lowest BCUT2D eigenvalue weighted by Gasteiger charge is -2.17. The predicted molar refractivity (Wildman–Crippen MR) is 77.9 cm³/mol. The van der Waals surface area contributed by atoms with E-state index in [2.05, 4.69) is 5.32 Å². The van der Waals surface area contributed by atoms with Gasteiger partial charge in [0.05, 0.1) is 0 Å². The number of hydrogen-bond acceptors (Lipinski definition) is 1. The number of nitrogens with two attached hydrogens (primary N) is 1. The maximum absolute atomic E-state index is 10.3. The summed E-state index contributed by atoms with van der Waals surface area (Å²) in [7, 11) is 0. The maximum Gasteiger partial charge on any atom is 0.130 e. The molecule has 19 heavy (non-hydrogen) atoms. The van der Waals surface area contributed by atoms with Gasteiger partial charge in [-0.25, -0.2) is 0 Å². The molecule has 0 amide bonds. The third-order valence-electron chi connectivity index (χ3n) is 3.28. The number of quaternary nitrogens is 1.